The van der Waals surface area contributed by atoms with Crippen LogP contribution in [-0.4, -0.2) is 47.1 Å². The first-order valence-corrected chi connectivity index (χ1v) is 8.52. The zero-order chi connectivity index (χ0) is 16.5. The molecule has 5 unspecified atom stereocenters. The number of carbonyl (C=O) groups excluding carboxylic acids is 1. The minimum atomic E-state index is -0.766. The van der Waals surface area contributed by atoms with Crippen LogP contribution in [0.5, 0.6) is 0 Å². The maximum absolute atomic E-state index is 12.5. The zero-order valence-corrected chi connectivity index (χ0v) is 14.3. The first-order valence-electron chi connectivity index (χ1n) is 8.52. The summed E-state index contributed by atoms with van der Waals surface area (Å²) in [6, 6.07) is -0.00207. The smallest absolute Gasteiger partial charge is 0.310 e. The Morgan fingerprint density at radius 3 is 2.59 bits per heavy atom. The van der Waals surface area contributed by atoms with Gasteiger partial charge in [-0.25, -0.2) is 0 Å². The fourth-order valence-corrected chi connectivity index (χ4v) is 3.76. The Labute approximate surface area is 133 Å². The molecule has 1 saturated carbocycles. The number of likely N-dealkylation sites (tertiary alicyclic amines) is 1. The first-order chi connectivity index (χ1) is 10.2. The quantitative estimate of drug-likeness (QED) is 0.834. The molecule has 1 amide bonds. The molecule has 0 aromatic heterocycles. The summed E-state index contributed by atoms with van der Waals surface area (Å²) >= 11 is 0. The summed E-state index contributed by atoms with van der Waals surface area (Å²) in [5.74, 6) is 0.433. The number of nitrogens with zero attached hydrogens (tertiary/aromatic N) is 1. The largest absolute Gasteiger partial charge is 0.481 e. The highest BCUT2D eigenvalue weighted by Crippen LogP contribution is 2.32. The van der Waals surface area contributed by atoms with Crippen LogP contribution < -0.4 is 5.32 Å². The number of amides is 1. The topological polar surface area (TPSA) is 69.6 Å². The number of aliphatic carboxylic acids is 1. The molecule has 1 aliphatic carbocycles. The number of hydrogen-bond donors (Lipinski definition) is 2. The predicted octanol–water partition coefficient (Wildman–Crippen LogP) is 2.11. The Bertz CT molecular complexity index is 440. The Kier molecular flexibility index (Phi) is 5.15. The normalized spacial score (nSPS) is 37.7. The van der Waals surface area contributed by atoms with Gasteiger partial charge in [0.2, 0.25) is 5.91 Å². The van der Waals surface area contributed by atoms with Gasteiger partial charge in [-0.2, -0.15) is 0 Å². The van der Waals surface area contributed by atoms with Crippen LogP contribution in [0.2, 0.25) is 0 Å². The Balaban J connectivity index is 1.91. The van der Waals surface area contributed by atoms with Crippen molar-refractivity contribution in [3.63, 3.8) is 0 Å². The molecular formula is C17H30N2O3. The predicted molar refractivity (Wildman–Crippen MR) is 85.5 cm³/mol. The fourth-order valence-electron chi connectivity index (χ4n) is 3.76. The van der Waals surface area contributed by atoms with Crippen LogP contribution in [0.1, 0.15) is 53.4 Å². The molecule has 1 aliphatic heterocycles. The van der Waals surface area contributed by atoms with E-state index < -0.39 is 11.4 Å². The van der Waals surface area contributed by atoms with Crippen molar-refractivity contribution in [1.82, 2.24) is 10.2 Å². The van der Waals surface area contributed by atoms with E-state index in [2.05, 4.69) is 19.2 Å². The molecule has 0 spiro atoms. The summed E-state index contributed by atoms with van der Waals surface area (Å²) in [6.45, 7) is 9.26. The van der Waals surface area contributed by atoms with Gasteiger partial charge < -0.3 is 10.4 Å². The summed E-state index contributed by atoms with van der Waals surface area (Å²) in [7, 11) is 0. The lowest BCUT2D eigenvalue weighted by molar-refractivity contribution is -0.147. The van der Waals surface area contributed by atoms with Crippen LogP contribution in [0.3, 0.4) is 0 Å². The van der Waals surface area contributed by atoms with Gasteiger partial charge in [-0.1, -0.05) is 26.7 Å². The van der Waals surface area contributed by atoms with Crippen LogP contribution in [-0.2, 0) is 9.59 Å². The van der Waals surface area contributed by atoms with Gasteiger partial charge in [0.1, 0.15) is 0 Å². The average Bonchev–Trinajstić information content (AvgIpc) is 2.87. The number of carbonyl (C=O) groups is 2. The van der Waals surface area contributed by atoms with Crippen molar-refractivity contribution in [2.24, 2.45) is 17.3 Å². The molecular weight excluding hydrogens is 280 g/mol. The van der Waals surface area contributed by atoms with Gasteiger partial charge in [0.25, 0.3) is 0 Å². The van der Waals surface area contributed by atoms with Crippen molar-refractivity contribution in [1.29, 1.82) is 0 Å². The number of nitrogens with one attached hydrogen (secondary N) is 1. The third-order valence-electron chi connectivity index (χ3n) is 5.98. The summed E-state index contributed by atoms with van der Waals surface area (Å²) in [4.78, 5) is 25.9. The highest BCUT2D eigenvalue weighted by atomic mass is 16.4. The molecule has 1 saturated heterocycles. The summed E-state index contributed by atoms with van der Waals surface area (Å²) in [6.07, 6.45) is 4.07. The van der Waals surface area contributed by atoms with Gasteiger partial charge in [0.15, 0.2) is 0 Å². The molecule has 2 fully saturated rings. The van der Waals surface area contributed by atoms with Gasteiger partial charge >= 0.3 is 5.97 Å². The van der Waals surface area contributed by atoms with E-state index in [1.807, 2.05) is 11.8 Å². The van der Waals surface area contributed by atoms with E-state index in [0.29, 0.717) is 31.3 Å². The van der Waals surface area contributed by atoms with E-state index in [1.54, 1.807) is 6.92 Å². The van der Waals surface area contributed by atoms with Crippen LogP contribution >= 0.6 is 0 Å². The fraction of sp³-hybridized carbons (Fsp3) is 0.882. The van der Waals surface area contributed by atoms with Crippen LogP contribution in [0.4, 0.5) is 0 Å². The molecule has 0 aromatic rings. The van der Waals surface area contributed by atoms with Gasteiger partial charge in [0.05, 0.1) is 11.5 Å². The van der Waals surface area contributed by atoms with Crippen molar-refractivity contribution >= 4 is 11.9 Å². The van der Waals surface area contributed by atoms with Crippen molar-refractivity contribution in [2.75, 3.05) is 13.1 Å². The van der Waals surface area contributed by atoms with Gasteiger partial charge in [-0.05, 0) is 38.5 Å². The molecule has 5 atom stereocenters. The molecule has 5 heteroatoms. The molecule has 5 nitrogen and oxygen atoms in total. The second-order valence-electron chi connectivity index (χ2n) is 7.64. The molecule has 22 heavy (non-hydrogen) atoms. The van der Waals surface area contributed by atoms with Crippen molar-refractivity contribution < 1.29 is 14.7 Å². The average molecular weight is 310 g/mol. The maximum Gasteiger partial charge on any atom is 0.310 e. The lowest BCUT2D eigenvalue weighted by Crippen LogP contribution is -2.51. The van der Waals surface area contributed by atoms with Crippen LogP contribution in [0, 0.1) is 17.3 Å². The third-order valence-corrected chi connectivity index (χ3v) is 5.98. The minimum Gasteiger partial charge on any atom is -0.481 e. The SMILES string of the molecule is CC1CCCC(NC(=O)C(C)N2CCC(C)(C(=O)O)C2)C1C. The second kappa shape index (κ2) is 6.57. The Morgan fingerprint density at radius 1 is 1.32 bits per heavy atom. The van der Waals surface area contributed by atoms with E-state index in [-0.39, 0.29) is 18.0 Å². The molecule has 0 radical (unpaired) electrons. The monoisotopic (exact) mass is 310 g/mol. The molecule has 2 aliphatic rings. The van der Waals surface area contributed by atoms with E-state index in [4.69, 9.17) is 0 Å². The number of rotatable bonds is 4. The van der Waals surface area contributed by atoms with E-state index >= 15 is 0 Å². The van der Waals surface area contributed by atoms with Gasteiger partial charge in [-0.15, -0.1) is 0 Å². The minimum absolute atomic E-state index is 0.0422. The molecule has 126 valence electrons. The van der Waals surface area contributed by atoms with E-state index in [9.17, 15) is 14.7 Å². The summed E-state index contributed by atoms with van der Waals surface area (Å²) < 4.78 is 0. The lowest BCUT2D eigenvalue weighted by Gasteiger charge is -2.36. The number of carboxylic acid groups (broad SMARTS) is 1. The maximum atomic E-state index is 12.5. The van der Waals surface area contributed by atoms with Crippen molar-refractivity contribution in [3.8, 4) is 0 Å². The Morgan fingerprint density at radius 2 is 2.00 bits per heavy atom. The number of carboxylic acids is 1. The highest BCUT2D eigenvalue weighted by Gasteiger charge is 2.43. The van der Waals surface area contributed by atoms with Crippen LogP contribution in [0.15, 0.2) is 0 Å². The Hall–Kier alpha value is -1.10. The van der Waals surface area contributed by atoms with Crippen molar-refractivity contribution in [2.45, 2.75) is 65.5 Å². The zero-order valence-electron chi connectivity index (χ0n) is 14.3. The molecule has 0 aromatic carbocycles. The summed E-state index contributed by atoms with van der Waals surface area (Å²) in [5.41, 5.74) is -0.721. The highest BCUT2D eigenvalue weighted by molar-refractivity contribution is 5.82. The van der Waals surface area contributed by atoms with Crippen molar-refractivity contribution in [3.05, 3.63) is 0 Å². The second-order valence-corrected chi connectivity index (χ2v) is 7.64. The van der Waals surface area contributed by atoms with Gasteiger partial charge in [0, 0.05) is 19.1 Å². The molecule has 1 heterocycles. The van der Waals surface area contributed by atoms with Crippen LogP contribution in [0.25, 0.3) is 0 Å². The lowest BCUT2D eigenvalue weighted by atomic mass is 9.78. The molecule has 0 bridgehead atoms. The van der Waals surface area contributed by atoms with E-state index in [0.717, 1.165) is 6.42 Å². The number of hydrogen-bond acceptors (Lipinski definition) is 3. The van der Waals surface area contributed by atoms with E-state index in [1.165, 1.54) is 12.8 Å². The molecule has 2 rings (SSSR count). The van der Waals surface area contributed by atoms with Gasteiger partial charge in [-0.3, -0.25) is 14.5 Å². The third kappa shape index (κ3) is 3.45. The standard InChI is InChI=1S/C17H30N2O3/c1-11-6-5-7-14(12(11)2)18-15(20)13(3)19-9-8-17(4,10-19)16(21)22/h11-14H,5-10H2,1-4H3,(H,18,20)(H,21,22). The molecule has 2 N–H and O–H groups in total. The summed E-state index contributed by atoms with van der Waals surface area (Å²) in [5, 5.41) is 12.5. The first kappa shape index (κ1) is 17.3.